The zero-order chi connectivity index (χ0) is 20.8. The molecule has 2 aromatic heterocycles. The molecule has 1 amide bonds. The summed E-state index contributed by atoms with van der Waals surface area (Å²) in [6, 6.07) is 11.9. The number of aryl methyl sites for hydroxylation is 1. The van der Waals surface area contributed by atoms with Crippen LogP contribution in [0.5, 0.6) is 5.75 Å². The summed E-state index contributed by atoms with van der Waals surface area (Å²) < 4.78 is 7.68. The fourth-order valence-corrected chi connectivity index (χ4v) is 6.38. The highest BCUT2D eigenvalue weighted by Gasteiger charge is 2.27. The predicted molar refractivity (Wildman–Crippen MR) is 126 cm³/mol. The molecule has 0 bridgehead atoms. The number of carbonyl (C=O) groups excluding carboxylic acids is 1. The highest BCUT2D eigenvalue weighted by Crippen LogP contribution is 2.38. The number of amides is 1. The largest absolute Gasteiger partial charge is 0.494 e. The topological polar surface area (TPSA) is 45.7 Å². The van der Waals surface area contributed by atoms with Crippen LogP contribution in [0.4, 0.5) is 5.13 Å². The van der Waals surface area contributed by atoms with E-state index in [-0.39, 0.29) is 5.91 Å². The van der Waals surface area contributed by atoms with Crippen LogP contribution in [0.15, 0.2) is 36.4 Å². The van der Waals surface area contributed by atoms with E-state index in [1.54, 1.807) is 18.4 Å². The number of halogens is 1. The summed E-state index contributed by atoms with van der Waals surface area (Å²) in [7, 11) is 1.67. The summed E-state index contributed by atoms with van der Waals surface area (Å²) in [6.45, 7) is 4.88. The van der Waals surface area contributed by atoms with Crippen LogP contribution in [0.3, 0.4) is 0 Å². The van der Waals surface area contributed by atoms with Gasteiger partial charge in [-0.2, -0.15) is 0 Å². The number of carbonyl (C=O) groups is 1. The summed E-state index contributed by atoms with van der Waals surface area (Å²) in [5.74, 6) is 0.814. The number of hydrogen-bond acceptors (Lipinski definition) is 6. The van der Waals surface area contributed by atoms with Gasteiger partial charge in [0.25, 0.3) is 5.91 Å². The zero-order valence-corrected chi connectivity index (χ0v) is 19.0. The van der Waals surface area contributed by atoms with Gasteiger partial charge in [-0.05, 0) is 24.6 Å². The van der Waals surface area contributed by atoms with Crippen LogP contribution in [0.2, 0.25) is 5.02 Å². The lowest BCUT2D eigenvalue weighted by Crippen LogP contribution is -2.48. The number of anilines is 1. The van der Waals surface area contributed by atoms with E-state index >= 15 is 0 Å². The first-order valence-corrected chi connectivity index (χ1v) is 11.7. The number of rotatable bonds is 3. The third-order valence-electron chi connectivity index (χ3n) is 5.48. The third-order valence-corrected chi connectivity index (χ3v) is 8.39. The highest BCUT2D eigenvalue weighted by atomic mass is 35.5. The lowest BCUT2D eigenvalue weighted by Gasteiger charge is -2.34. The standard InChI is InChI=1S/C22H20ClN3O2S2/c1-13-7-8-15(28-2)18-19(13)30-22(24-18)26-11-9-25(10-12-26)21(27)20-17(23)14-5-3-4-6-16(14)29-20/h3-8H,9-12H2,1-2H3. The second kappa shape index (κ2) is 7.72. The Morgan fingerprint density at radius 1 is 1.10 bits per heavy atom. The van der Waals surface area contributed by atoms with E-state index in [4.69, 9.17) is 21.3 Å². The fraction of sp³-hybridized carbons (Fsp3) is 0.273. The molecule has 4 aromatic rings. The van der Waals surface area contributed by atoms with Crippen LogP contribution in [0, 0.1) is 6.92 Å². The molecule has 1 saturated heterocycles. The van der Waals surface area contributed by atoms with Gasteiger partial charge in [-0.3, -0.25) is 4.79 Å². The number of hydrogen-bond donors (Lipinski definition) is 0. The smallest absolute Gasteiger partial charge is 0.265 e. The van der Waals surface area contributed by atoms with Crippen molar-refractivity contribution in [3.8, 4) is 5.75 Å². The van der Waals surface area contributed by atoms with Gasteiger partial charge in [-0.25, -0.2) is 4.98 Å². The minimum Gasteiger partial charge on any atom is -0.494 e. The number of fused-ring (bicyclic) bond motifs is 2. The molecule has 8 heteroatoms. The number of benzene rings is 2. The van der Waals surface area contributed by atoms with Crippen LogP contribution in [-0.2, 0) is 0 Å². The van der Waals surface area contributed by atoms with Crippen LogP contribution in [0.1, 0.15) is 15.2 Å². The molecule has 0 spiro atoms. The van der Waals surface area contributed by atoms with Crippen molar-refractivity contribution < 1.29 is 9.53 Å². The van der Waals surface area contributed by atoms with Crippen molar-refractivity contribution >= 4 is 65.6 Å². The van der Waals surface area contributed by atoms with Crippen molar-refractivity contribution in [1.29, 1.82) is 0 Å². The average molecular weight is 458 g/mol. The van der Waals surface area contributed by atoms with Gasteiger partial charge in [0.1, 0.15) is 16.1 Å². The van der Waals surface area contributed by atoms with Crippen LogP contribution in [-0.4, -0.2) is 49.1 Å². The Bertz CT molecular complexity index is 1260. The Morgan fingerprint density at radius 3 is 2.60 bits per heavy atom. The second-order valence-electron chi connectivity index (χ2n) is 7.28. The van der Waals surface area contributed by atoms with Crippen LogP contribution >= 0.6 is 34.3 Å². The molecule has 30 heavy (non-hydrogen) atoms. The molecule has 2 aromatic carbocycles. The molecule has 3 heterocycles. The number of aromatic nitrogens is 1. The maximum Gasteiger partial charge on any atom is 0.265 e. The van der Waals surface area contributed by atoms with Gasteiger partial charge in [0.2, 0.25) is 0 Å². The maximum absolute atomic E-state index is 13.1. The van der Waals surface area contributed by atoms with E-state index in [2.05, 4.69) is 17.9 Å². The first-order chi connectivity index (χ1) is 14.6. The number of nitrogens with zero attached hydrogens (tertiary/aromatic N) is 3. The first-order valence-electron chi connectivity index (χ1n) is 9.72. The second-order valence-corrected chi connectivity index (χ2v) is 9.69. The molecule has 1 aliphatic heterocycles. The van der Waals surface area contributed by atoms with E-state index in [1.807, 2.05) is 35.2 Å². The van der Waals surface area contributed by atoms with Crippen LogP contribution in [0.25, 0.3) is 20.3 Å². The first kappa shape index (κ1) is 19.6. The molecule has 154 valence electrons. The molecule has 0 atom stereocenters. The van der Waals surface area contributed by atoms with Crippen molar-refractivity contribution in [1.82, 2.24) is 9.88 Å². The van der Waals surface area contributed by atoms with Crippen molar-refractivity contribution in [2.75, 3.05) is 38.2 Å². The summed E-state index contributed by atoms with van der Waals surface area (Å²) in [5, 5.41) is 2.49. The minimum absolute atomic E-state index is 0.0164. The number of thiophene rings is 1. The quantitative estimate of drug-likeness (QED) is 0.410. The van der Waals surface area contributed by atoms with Crippen molar-refractivity contribution in [2.45, 2.75) is 6.92 Å². The SMILES string of the molecule is COc1ccc(C)c2sc(N3CCN(C(=O)c4sc5ccccc5c4Cl)CC3)nc12. The van der Waals surface area contributed by atoms with Gasteiger partial charge in [-0.1, -0.05) is 47.2 Å². The molecule has 5 rings (SSSR count). The Hall–Kier alpha value is -2.35. The normalized spacial score (nSPS) is 14.6. The van der Waals surface area contributed by atoms with Gasteiger partial charge < -0.3 is 14.5 Å². The monoisotopic (exact) mass is 457 g/mol. The predicted octanol–water partition coefficient (Wildman–Crippen LogP) is 5.44. The lowest BCUT2D eigenvalue weighted by atomic mass is 10.2. The molecular weight excluding hydrogens is 438 g/mol. The summed E-state index contributed by atoms with van der Waals surface area (Å²) in [5.41, 5.74) is 2.11. The molecule has 0 N–H and O–H groups in total. The Labute approximate surface area is 187 Å². The third kappa shape index (κ3) is 3.21. The Kier molecular flexibility index (Phi) is 5.05. The molecule has 0 aliphatic carbocycles. The van der Waals surface area contributed by atoms with Gasteiger partial charge in [0, 0.05) is 36.3 Å². The lowest BCUT2D eigenvalue weighted by molar-refractivity contribution is 0.0752. The number of piperazine rings is 1. The van der Waals surface area contributed by atoms with Crippen molar-refractivity contribution in [3.05, 3.63) is 51.9 Å². The summed E-state index contributed by atoms with van der Waals surface area (Å²) in [4.78, 5) is 22.7. The molecular formula is C22H20ClN3O2S2. The molecule has 1 aliphatic rings. The van der Waals surface area contributed by atoms with Crippen molar-refractivity contribution in [2.24, 2.45) is 0 Å². The van der Waals surface area contributed by atoms with E-state index < -0.39 is 0 Å². The van der Waals surface area contributed by atoms with Gasteiger partial charge in [0.15, 0.2) is 5.13 Å². The highest BCUT2D eigenvalue weighted by molar-refractivity contribution is 7.22. The van der Waals surface area contributed by atoms with Gasteiger partial charge in [-0.15, -0.1) is 11.3 Å². The minimum atomic E-state index is 0.0164. The Balaban J connectivity index is 1.35. The van der Waals surface area contributed by atoms with Gasteiger partial charge >= 0.3 is 0 Å². The van der Waals surface area contributed by atoms with E-state index in [0.717, 1.165) is 44.3 Å². The van der Waals surface area contributed by atoms with E-state index in [1.165, 1.54) is 16.9 Å². The zero-order valence-electron chi connectivity index (χ0n) is 16.6. The number of ether oxygens (including phenoxy) is 1. The van der Waals surface area contributed by atoms with Gasteiger partial charge in [0.05, 0.1) is 16.8 Å². The molecule has 5 nitrogen and oxygen atoms in total. The van der Waals surface area contributed by atoms with E-state index in [0.29, 0.717) is 23.0 Å². The number of methoxy groups -OCH3 is 1. The molecule has 0 saturated carbocycles. The molecule has 0 unspecified atom stereocenters. The molecule has 0 radical (unpaired) electrons. The molecule has 1 fully saturated rings. The average Bonchev–Trinajstić information content (AvgIpc) is 3.37. The summed E-state index contributed by atoms with van der Waals surface area (Å²) in [6.07, 6.45) is 0. The fourth-order valence-electron chi connectivity index (χ4n) is 3.79. The number of thiazole rings is 1. The Morgan fingerprint density at radius 2 is 1.87 bits per heavy atom. The van der Waals surface area contributed by atoms with E-state index in [9.17, 15) is 4.79 Å². The maximum atomic E-state index is 13.1. The van der Waals surface area contributed by atoms with Crippen molar-refractivity contribution in [3.63, 3.8) is 0 Å². The summed E-state index contributed by atoms with van der Waals surface area (Å²) >= 11 is 9.67. The van der Waals surface area contributed by atoms with Crippen LogP contribution < -0.4 is 9.64 Å².